The fraction of sp³-hybridized carbons (Fsp3) is 0.389. The van der Waals surface area contributed by atoms with Crippen LogP contribution in [0.1, 0.15) is 33.6 Å². The molecule has 1 aromatic carbocycles. The highest BCUT2D eigenvalue weighted by atomic mass is 32.1. The van der Waals surface area contributed by atoms with E-state index in [0.29, 0.717) is 16.6 Å². The van der Waals surface area contributed by atoms with Crippen LogP contribution in [0.3, 0.4) is 0 Å². The van der Waals surface area contributed by atoms with E-state index in [-0.39, 0.29) is 17.7 Å². The summed E-state index contributed by atoms with van der Waals surface area (Å²) < 4.78 is 5.56. The number of aromatic nitrogens is 1. The number of benzene rings is 1. The highest BCUT2D eigenvalue weighted by Gasteiger charge is 2.24. The number of ether oxygens (including phenoxy) is 1. The first-order valence-electron chi connectivity index (χ1n) is 8.40. The summed E-state index contributed by atoms with van der Waals surface area (Å²) in [5.74, 6) is 0.492. The highest BCUT2D eigenvalue weighted by Crippen LogP contribution is 2.35. The zero-order valence-electron chi connectivity index (χ0n) is 14.5. The molecule has 7 heteroatoms. The third-order valence-corrected chi connectivity index (χ3v) is 5.05. The van der Waals surface area contributed by atoms with Crippen molar-refractivity contribution in [2.24, 2.45) is 5.92 Å². The third kappa shape index (κ3) is 3.66. The predicted octanol–water partition coefficient (Wildman–Crippen LogP) is 3.90. The topological polar surface area (TPSA) is 80.3 Å². The third-order valence-electron chi connectivity index (χ3n) is 4.30. The van der Waals surface area contributed by atoms with Crippen LogP contribution in [0.5, 0.6) is 5.75 Å². The van der Waals surface area contributed by atoms with Gasteiger partial charge in [0.25, 0.3) is 5.91 Å². The summed E-state index contributed by atoms with van der Waals surface area (Å²) in [6.45, 7) is 5.72. The molecule has 6 nitrogen and oxygen atoms in total. The summed E-state index contributed by atoms with van der Waals surface area (Å²) in [5.41, 5.74) is 2.24. The van der Waals surface area contributed by atoms with E-state index in [2.05, 4.69) is 15.6 Å². The van der Waals surface area contributed by atoms with Crippen molar-refractivity contribution in [2.75, 3.05) is 10.6 Å². The van der Waals surface area contributed by atoms with E-state index in [9.17, 15) is 9.59 Å². The van der Waals surface area contributed by atoms with E-state index in [1.165, 1.54) is 11.3 Å². The lowest BCUT2D eigenvalue weighted by molar-refractivity contribution is -0.122. The Labute approximate surface area is 150 Å². The Morgan fingerprint density at radius 3 is 2.88 bits per heavy atom. The maximum Gasteiger partial charge on any atom is 0.265 e. The molecule has 1 aromatic heterocycles. The molecule has 3 rings (SSSR count). The Hall–Kier alpha value is -2.41. The van der Waals surface area contributed by atoms with Gasteiger partial charge in [0.15, 0.2) is 11.2 Å². The zero-order chi connectivity index (χ0) is 18.0. The smallest absolute Gasteiger partial charge is 0.265 e. The minimum Gasteiger partial charge on any atom is -0.479 e. The minimum absolute atomic E-state index is 0.00504. The lowest BCUT2D eigenvalue weighted by atomic mass is 10.0. The number of thiazole rings is 1. The maximum absolute atomic E-state index is 12.2. The fourth-order valence-electron chi connectivity index (χ4n) is 2.70. The largest absolute Gasteiger partial charge is 0.479 e. The van der Waals surface area contributed by atoms with E-state index in [1.807, 2.05) is 37.4 Å². The number of hydrogen-bond donors (Lipinski definition) is 2. The van der Waals surface area contributed by atoms with E-state index in [0.717, 1.165) is 24.1 Å². The van der Waals surface area contributed by atoms with Crippen molar-refractivity contribution in [3.8, 4) is 17.0 Å². The van der Waals surface area contributed by atoms with Gasteiger partial charge in [0.05, 0.1) is 11.4 Å². The van der Waals surface area contributed by atoms with Gasteiger partial charge in [-0.15, -0.1) is 11.3 Å². The Morgan fingerprint density at radius 1 is 1.40 bits per heavy atom. The number of amides is 2. The normalized spacial score (nSPS) is 16.2. The number of anilines is 2. The van der Waals surface area contributed by atoms with Crippen LogP contribution < -0.4 is 15.4 Å². The molecule has 0 bridgehead atoms. The number of hydrogen-bond acceptors (Lipinski definition) is 5. The average Bonchev–Trinajstić information content (AvgIpc) is 3.05. The second-order valence-electron chi connectivity index (χ2n) is 6.00. The van der Waals surface area contributed by atoms with E-state index < -0.39 is 6.10 Å². The number of nitrogens with zero attached hydrogens (tertiary/aromatic N) is 1. The number of nitrogens with one attached hydrogen (secondary N) is 2. The fourth-order valence-corrected chi connectivity index (χ4v) is 3.42. The zero-order valence-corrected chi connectivity index (χ0v) is 15.3. The van der Waals surface area contributed by atoms with Crippen LogP contribution in [0.2, 0.25) is 0 Å². The van der Waals surface area contributed by atoms with Crippen molar-refractivity contribution >= 4 is 34.0 Å². The lowest BCUT2D eigenvalue weighted by Gasteiger charge is -2.23. The summed E-state index contributed by atoms with van der Waals surface area (Å²) in [6, 6.07) is 5.55. The van der Waals surface area contributed by atoms with Crippen molar-refractivity contribution in [2.45, 2.75) is 39.7 Å². The van der Waals surface area contributed by atoms with Gasteiger partial charge in [-0.25, -0.2) is 4.98 Å². The van der Waals surface area contributed by atoms with Gasteiger partial charge in [-0.3, -0.25) is 9.59 Å². The molecule has 0 saturated carbocycles. The molecule has 1 atom stereocenters. The summed E-state index contributed by atoms with van der Waals surface area (Å²) in [6.07, 6.45) is 1.12. The highest BCUT2D eigenvalue weighted by molar-refractivity contribution is 7.14. The molecule has 0 saturated heterocycles. The Bertz CT molecular complexity index is 799. The molecule has 1 aliphatic heterocycles. The van der Waals surface area contributed by atoms with Crippen LogP contribution in [0.15, 0.2) is 23.6 Å². The molecule has 132 valence electrons. The van der Waals surface area contributed by atoms with Crippen molar-refractivity contribution < 1.29 is 14.3 Å². The number of carbonyl (C=O) groups is 2. The van der Waals surface area contributed by atoms with E-state index >= 15 is 0 Å². The minimum atomic E-state index is -0.496. The number of fused-ring (bicyclic) bond motifs is 1. The SMILES string of the molecule is CCC(CC)C(=O)Nc1nc(-c2ccc3c(c2)NC(=O)C(C)O3)cs1. The Morgan fingerprint density at radius 2 is 2.16 bits per heavy atom. The quantitative estimate of drug-likeness (QED) is 0.848. The molecule has 0 radical (unpaired) electrons. The second-order valence-corrected chi connectivity index (χ2v) is 6.86. The maximum atomic E-state index is 12.2. The lowest BCUT2D eigenvalue weighted by Crippen LogP contribution is -2.34. The molecular weight excluding hydrogens is 338 g/mol. The standard InChI is InChI=1S/C18H21N3O3S/c1-4-11(5-2)17(23)21-18-20-14(9-25-18)12-6-7-15-13(8-12)19-16(22)10(3)24-15/h6-11H,4-5H2,1-3H3,(H,19,22)(H,20,21,23). The van der Waals surface area contributed by atoms with Crippen LogP contribution in [0.25, 0.3) is 11.3 Å². The monoisotopic (exact) mass is 359 g/mol. The molecule has 2 aromatic rings. The van der Waals surface area contributed by atoms with E-state index in [4.69, 9.17) is 4.74 Å². The molecule has 2 heterocycles. The number of carbonyl (C=O) groups excluding carboxylic acids is 2. The Balaban J connectivity index is 1.78. The molecule has 0 spiro atoms. The van der Waals surface area contributed by atoms with Gasteiger partial charge in [-0.1, -0.05) is 13.8 Å². The Kier molecular flexibility index (Phi) is 5.03. The van der Waals surface area contributed by atoms with Gasteiger partial charge in [-0.2, -0.15) is 0 Å². The number of rotatable bonds is 5. The average molecular weight is 359 g/mol. The molecule has 1 aliphatic rings. The molecule has 2 amide bonds. The summed E-state index contributed by atoms with van der Waals surface area (Å²) in [5, 5.41) is 8.18. The van der Waals surface area contributed by atoms with Gasteiger partial charge < -0.3 is 15.4 Å². The van der Waals surface area contributed by atoms with Gasteiger partial charge >= 0.3 is 0 Å². The molecular formula is C18H21N3O3S. The van der Waals surface area contributed by atoms with Crippen LogP contribution in [0.4, 0.5) is 10.8 Å². The predicted molar refractivity (Wildman–Crippen MR) is 99.0 cm³/mol. The van der Waals surface area contributed by atoms with E-state index in [1.54, 1.807) is 6.92 Å². The first-order valence-corrected chi connectivity index (χ1v) is 9.28. The molecule has 2 N–H and O–H groups in total. The van der Waals surface area contributed by atoms with Gasteiger partial charge in [0, 0.05) is 16.9 Å². The van der Waals surface area contributed by atoms with Crippen LogP contribution in [0, 0.1) is 5.92 Å². The van der Waals surface area contributed by atoms with Crippen molar-refractivity contribution in [3.63, 3.8) is 0 Å². The van der Waals surface area contributed by atoms with Gasteiger partial charge in [0.1, 0.15) is 5.75 Å². The molecule has 0 aliphatic carbocycles. The molecule has 0 fully saturated rings. The molecule has 25 heavy (non-hydrogen) atoms. The first kappa shape index (κ1) is 17.4. The second kappa shape index (κ2) is 7.23. The first-order chi connectivity index (χ1) is 12.0. The van der Waals surface area contributed by atoms with Crippen molar-refractivity contribution in [1.29, 1.82) is 0 Å². The van der Waals surface area contributed by atoms with Crippen LogP contribution in [-0.2, 0) is 9.59 Å². The summed E-state index contributed by atoms with van der Waals surface area (Å²) in [7, 11) is 0. The summed E-state index contributed by atoms with van der Waals surface area (Å²) >= 11 is 1.39. The van der Waals surface area contributed by atoms with Crippen LogP contribution >= 0.6 is 11.3 Å². The summed E-state index contributed by atoms with van der Waals surface area (Å²) in [4.78, 5) is 28.4. The van der Waals surface area contributed by atoms with Gasteiger partial charge in [0.2, 0.25) is 5.91 Å². The molecule has 1 unspecified atom stereocenters. The van der Waals surface area contributed by atoms with Crippen LogP contribution in [-0.4, -0.2) is 22.9 Å². The van der Waals surface area contributed by atoms with Crippen molar-refractivity contribution in [1.82, 2.24) is 4.98 Å². The van der Waals surface area contributed by atoms with Gasteiger partial charge in [-0.05, 0) is 38.0 Å². The van der Waals surface area contributed by atoms with Crippen molar-refractivity contribution in [3.05, 3.63) is 23.6 Å².